The second-order valence-electron chi connectivity index (χ2n) is 7.06. The third kappa shape index (κ3) is 4.25. The highest BCUT2D eigenvalue weighted by Crippen LogP contribution is 2.26. The fourth-order valence-corrected chi connectivity index (χ4v) is 4.17. The molecular weight excluding hydrogens is 372 g/mol. The summed E-state index contributed by atoms with van der Waals surface area (Å²) >= 11 is 1.57. The van der Waals surface area contributed by atoms with Crippen molar-refractivity contribution in [3.8, 4) is 10.7 Å². The molecule has 0 N–H and O–H groups in total. The summed E-state index contributed by atoms with van der Waals surface area (Å²) in [6.07, 6.45) is 3.28. The molecule has 28 heavy (non-hydrogen) atoms. The quantitative estimate of drug-likeness (QED) is 0.604. The summed E-state index contributed by atoms with van der Waals surface area (Å²) in [5.41, 5.74) is 2.44. The average Bonchev–Trinajstić information content (AvgIpc) is 3.48. The summed E-state index contributed by atoms with van der Waals surface area (Å²) in [6.45, 7) is 2.80. The molecule has 4 rings (SSSR count). The van der Waals surface area contributed by atoms with Gasteiger partial charge in [-0.2, -0.15) is 4.98 Å². The van der Waals surface area contributed by atoms with Crippen LogP contribution in [0.15, 0.2) is 46.3 Å². The summed E-state index contributed by atoms with van der Waals surface area (Å²) in [5.74, 6) is 1.17. The zero-order valence-corrected chi connectivity index (χ0v) is 16.8. The number of hydrogen-bond acceptors (Lipinski definition) is 6. The van der Waals surface area contributed by atoms with Gasteiger partial charge in [0.2, 0.25) is 17.6 Å². The Kier molecular flexibility index (Phi) is 5.71. The first-order valence-corrected chi connectivity index (χ1v) is 10.5. The largest absolute Gasteiger partial charge is 0.371 e. The maximum absolute atomic E-state index is 12.6. The number of para-hydroxylation sites is 1. The maximum atomic E-state index is 12.6. The molecule has 1 fully saturated rings. The first-order chi connectivity index (χ1) is 13.7. The highest BCUT2D eigenvalue weighted by atomic mass is 32.1. The number of carbonyl (C=O) groups is 1. The Bertz CT molecular complexity index is 916. The SMILES string of the molecule is CN(Cc1ccccc1N1CCCC1)C(=O)CCc1nc(-c2cccs2)no1. The van der Waals surface area contributed by atoms with Crippen LogP contribution in [-0.4, -0.2) is 41.1 Å². The molecule has 7 heteroatoms. The number of aromatic nitrogens is 2. The minimum Gasteiger partial charge on any atom is -0.371 e. The number of rotatable bonds is 7. The van der Waals surface area contributed by atoms with Crippen LogP contribution in [-0.2, 0) is 17.8 Å². The highest BCUT2D eigenvalue weighted by molar-refractivity contribution is 7.13. The molecule has 1 saturated heterocycles. The van der Waals surface area contributed by atoms with E-state index in [0.29, 0.717) is 31.1 Å². The number of carbonyl (C=O) groups excluding carboxylic acids is 1. The van der Waals surface area contributed by atoms with Gasteiger partial charge in [0.05, 0.1) is 4.88 Å². The molecular formula is C21H24N4O2S. The van der Waals surface area contributed by atoms with Gasteiger partial charge in [-0.05, 0) is 35.9 Å². The lowest BCUT2D eigenvalue weighted by Gasteiger charge is -2.24. The molecule has 0 radical (unpaired) electrons. The lowest BCUT2D eigenvalue weighted by Crippen LogP contribution is -2.28. The molecule has 0 unspecified atom stereocenters. The van der Waals surface area contributed by atoms with Gasteiger partial charge < -0.3 is 14.3 Å². The highest BCUT2D eigenvalue weighted by Gasteiger charge is 2.18. The summed E-state index contributed by atoms with van der Waals surface area (Å²) in [4.78, 5) is 22.2. The Hall–Kier alpha value is -2.67. The fraction of sp³-hybridized carbons (Fsp3) is 0.381. The Morgan fingerprint density at radius 1 is 1.21 bits per heavy atom. The third-order valence-electron chi connectivity index (χ3n) is 5.03. The van der Waals surface area contributed by atoms with E-state index in [1.807, 2.05) is 30.6 Å². The van der Waals surface area contributed by atoms with E-state index in [2.05, 4.69) is 33.2 Å². The molecule has 1 aromatic carbocycles. The molecule has 146 valence electrons. The first-order valence-electron chi connectivity index (χ1n) is 9.64. The number of anilines is 1. The van der Waals surface area contributed by atoms with Gasteiger partial charge in [-0.3, -0.25) is 4.79 Å². The first kappa shape index (κ1) is 18.7. The number of thiophene rings is 1. The van der Waals surface area contributed by atoms with Gasteiger partial charge in [0, 0.05) is 45.2 Å². The summed E-state index contributed by atoms with van der Waals surface area (Å²) in [5, 5.41) is 5.97. The molecule has 2 aromatic heterocycles. The van der Waals surface area contributed by atoms with Crippen molar-refractivity contribution in [3.05, 3.63) is 53.2 Å². The van der Waals surface area contributed by atoms with Crippen LogP contribution in [0.4, 0.5) is 5.69 Å². The Balaban J connectivity index is 1.34. The van der Waals surface area contributed by atoms with Gasteiger partial charge in [-0.25, -0.2) is 0 Å². The van der Waals surface area contributed by atoms with E-state index < -0.39 is 0 Å². The van der Waals surface area contributed by atoms with Crippen LogP contribution in [0.2, 0.25) is 0 Å². The molecule has 6 nitrogen and oxygen atoms in total. The average molecular weight is 397 g/mol. The number of amides is 1. The number of benzene rings is 1. The predicted octanol–water partition coefficient (Wildman–Crippen LogP) is 3.99. The molecule has 0 atom stereocenters. The van der Waals surface area contributed by atoms with Gasteiger partial charge >= 0.3 is 0 Å². The van der Waals surface area contributed by atoms with Crippen molar-refractivity contribution in [1.82, 2.24) is 15.0 Å². The topological polar surface area (TPSA) is 62.5 Å². The Morgan fingerprint density at radius 2 is 2.04 bits per heavy atom. The van der Waals surface area contributed by atoms with E-state index in [0.717, 1.165) is 18.0 Å². The lowest BCUT2D eigenvalue weighted by atomic mass is 10.1. The van der Waals surface area contributed by atoms with Crippen LogP contribution in [0.3, 0.4) is 0 Å². The van der Waals surface area contributed by atoms with Crippen molar-refractivity contribution in [2.24, 2.45) is 0 Å². The fourth-order valence-electron chi connectivity index (χ4n) is 3.52. The van der Waals surface area contributed by atoms with E-state index in [-0.39, 0.29) is 5.91 Å². The third-order valence-corrected chi connectivity index (χ3v) is 5.90. The zero-order valence-electron chi connectivity index (χ0n) is 16.0. The van der Waals surface area contributed by atoms with Crippen molar-refractivity contribution >= 4 is 22.9 Å². The summed E-state index contributed by atoms with van der Waals surface area (Å²) in [7, 11) is 1.86. The molecule has 0 saturated carbocycles. The van der Waals surface area contributed by atoms with E-state index in [1.165, 1.54) is 24.1 Å². The number of hydrogen-bond donors (Lipinski definition) is 0. The van der Waals surface area contributed by atoms with Gasteiger partial charge in [0.1, 0.15) is 0 Å². The smallest absolute Gasteiger partial charge is 0.227 e. The second kappa shape index (κ2) is 8.56. The van der Waals surface area contributed by atoms with Crippen LogP contribution >= 0.6 is 11.3 Å². The summed E-state index contributed by atoms with van der Waals surface area (Å²) in [6, 6.07) is 12.3. The molecule has 0 bridgehead atoms. The van der Waals surface area contributed by atoms with E-state index in [4.69, 9.17) is 4.52 Å². The maximum Gasteiger partial charge on any atom is 0.227 e. The molecule has 3 heterocycles. The van der Waals surface area contributed by atoms with Crippen LogP contribution in [0.5, 0.6) is 0 Å². The van der Waals surface area contributed by atoms with Gasteiger partial charge in [0.15, 0.2) is 0 Å². The van der Waals surface area contributed by atoms with Crippen molar-refractivity contribution in [2.75, 3.05) is 25.0 Å². The standard InChI is InChI=1S/C21H24N4O2S/c1-24(15-16-7-2-3-8-17(16)25-12-4-5-13-25)20(26)11-10-19-22-21(23-27-19)18-9-6-14-28-18/h2-3,6-9,14H,4-5,10-13,15H2,1H3. The molecule has 1 aliphatic rings. The normalized spacial score (nSPS) is 13.8. The van der Waals surface area contributed by atoms with E-state index >= 15 is 0 Å². The Morgan fingerprint density at radius 3 is 2.82 bits per heavy atom. The van der Waals surface area contributed by atoms with E-state index in [1.54, 1.807) is 16.2 Å². The molecule has 0 aliphatic carbocycles. The van der Waals surface area contributed by atoms with Crippen molar-refractivity contribution in [1.29, 1.82) is 0 Å². The predicted molar refractivity (Wildman–Crippen MR) is 110 cm³/mol. The second-order valence-corrected chi connectivity index (χ2v) is 8.01. The van der Waals surface area contributed by atoms with Crippen LogP contribution in [0, 0.1) is 0 Å². The summed E-state index contributed by atoms with van der Waals surface area (Å²) < 4.78 is 5.29. The lowest BCUT2D eigenvalue weighted by molar-refractivity contribution is -0.130. The number of nitrogens with zero attached hydrogens (tertiary/aromatic N) is 4. The Labute approximate surface area is 168 Å². The van der Waals surface area contributed by atoms with Crippen LogP contribution < -0.4 is 4.90 Å². The van der Waals surface area contributed by atoms with Gasteiger partial charge in [-0.1, -0.05) is 29.4 Å². The minimum absolute atomic E-state index is 0.0760. The zero-order chi connectivity index (χ0) is 19.3. The number of aryl methyl sites for hydroxylation is 1. The monoisotopic (exact) mass is 396 g/mol. The van der Waals surface area contributed by atoms with Gasteiger partial charge in [-0.15, -0.1) is 11.3 Å². The van der Waals surface area contributed by atoms with E-state index in [9.17, 15) is 4.79 Å². The minimum atomic E-state index is 0.0760. The molecule has 1 aliphatic heterocycles. The molecule has 0 spiro atoms. The van der Waals surface area contributed by atoms with Crippen molar-refractivity contribution < 1.29 is 9.32 Å². The van der Waals surface area contributed by atoms with Crippen molar-refractivity contribution in [2.45, 2.75) is 32.2 Å². The van der Waals surface area contributed by atoms with Crippen LogP contribution in [0.1, 0.15) is 30.7 Å². The molecule has 3 aromatic rings. The van der Waals surface area contributed by atoms with Crippen molar-refractivity contribution in [3.63, 3.8) is 0 Å². The van der Waals surface area contributed by atoms with Crippen LogP contribution in [0.25, 0.3) is 10.7 Å². The molecule has 1 amide bonds. The van der Waals surface area contributed by atoms with Gasteiger partial charge in [0.25, 0.3) is 0 Å².